The number of carbonyl (C=O) groups is 2. The zero-order valence-corrected chi connectivity index (χ0v) is 19.2. The molecule has 5 nitrogen and oxygen atoms in total. The van der Waals surface area contributed by atoms with Crippen LogP contribution in [0.3, 0.4) is 0 Å². The number of nitrogens with one attached hydrogen (secondary N) is 1. The highest BCUT2D eigenvalue weighted by Crippen LogP contribution is 2.32. The zero-order chi connectivity index (χ0) is 22.3. The SMILES string of the molecule is CCCCCCCCCCCCOc1ccccc1NC(=O)C1CCCCC1C(=O)O. The molecule has 1 aliphatic carbocycles. The topological polar surface area (TPSA) is 75.6 Å². The van der Waals surface area contributed by atoms with E-state index in [-0.39, 0.29) is 5.91 Å². The summed E-state index contributed by atoms with van der Waals surface area (Å²) in [4.78, 5) is 24.3. The number of carboxylic acid groups (broad SMARTS) is 1. The Balaban J connectivity index is 1.69. The van der Waals surface area contributed by atoms with E-state index in [9.17, 15) is 14.7 Å². The highest BCUT2D eigenvalue weighted by molar-refractivity contribution is 5.96. The molecule has 1 aromatic rings. The molecule has 2 rings (SSSR count). The first-order chi connectivity index (χ1) is 15.1. The molecule has 31 heavy (non-hydrogen) atoms. The smallest absolute Gasteiger partial charge is 0.307 e. The number of unbranched alkanes of at least 4 members (excludes halogenated alkanes) is 9. The number of carboxylic acids is 1. The first-order valence-corrected chi connectivity index (χ1v) is 12.4. The van der Waals surface area contributed by atoms with E-state index in [1.54, 1.807) is 0 Å². The molecule has 2 atom stereocenters. The summed E-state index contributed by atoms with van der Waals surface area (Å²) >= 11 is 0. The summed E-state index contributed by atoms with van der Waals surface area (Å²) in [5.41, 5.74) is 0.634. The molecule has 0 aliphatic heterocycles. The van der Waals surface area contributed by atoms with Crippen molar-refractivity contribution in [2.45, 2.75) is 96.8 Å². The van der Waals surface area contributed by atoms with Crippen molar-refractivity contribution in [2.75, 3.05) is 11.9 Å². The molecule has 0 radical (unpaired) electrons. The molecular formula is C26H41NO4. The van der Waals surface area contributed by atoms with Gasteiger partial charge < -0.3 is 15.2 Å². The fourth-order valence-electron chi connectivity index (χ4n) is 4.43. The minimum atomic E-state index is -0.870. The number of aliphatic carboxylic acids is 1. The normalized spacial score (nSPS) is 18.5. The summed E-state index contributed by atoms with van der Waals surface area (Å²) in [6.07, 6.45) is 15.8. The number of para-hydroxylation sites is 2. The molecule has 0 heterocycles. The van der Waals surface area contributed by atoms with Gasteiger partial charge in [-0.2, -0.15) is 0 Å². The molecule has 5 heteroatoms. The Morgan fingerprint density at radius 2 is 1.48 bits per heavy atom. The second-order valence-corrected chi connectivity index (χ2v) is 8.85. The molecule has 2 unspecified atom stereocenters. The largest absolute Gasteiger partial charge is 0.491 e. The van der Waals surface area contributed by atoms with Crippen molar-refractivity contribution in [2.24, 2.45) is 11.8 Å². The maximum Gasteiger partial charge on any atom is 0.307 e. The maximum atomic E-state index is 12.8. The van der Waals surface area contributed by atoms with Crippen molar-refractivity contribution in [3.8, 4) is 5.75 Å². The van der Waals surface area contributed by atoms with Crippen LogP contribution < -0.4 is 10.1 Å². The third-order valence-corrected chi connectivity index (χ3v) is 6.32. The van der Waals surface area contributed by atoms with Gasteiger partial charge in [0.1, 0.15) is 5.75 Å². The van der Waals surface area contributed by atoms with Gasteiger partial charge in [-0.05, 0) is 31.4 Å². The molecule has 1 amide bonds. The Hall–Kier alpha value is -2.04. The third kappa shape index (κ3) is 9.32. The van der Waals surface area contributed by atoms with Crippen LogP contribution in [0.2, 0.25) is 0 Å². The van der Waals surface area contributed by atoms with Crippen molar-refractivity contribution in [1.82, 2.24) is 0 Å². The minimum absolute atomic E-state index is 0.206. The van der Waals surface area contributed by atoms with Crippen LogP contribution >= 0.6 is 0 Å². The lowest BCUT2D eigenvalue weighted by Crippen LogP contribution is -2.36. The van der Waals surface area contributed by atoms with Crippen molar-refractivity contribution >= 4 is 17.6 Å². The van der Waals surface area contributed by atoms with Crippen molar-refractivity contribution in [3.63, 3.8) is 0 Å². The summed E-state index contributed by atoms with van der Waals surface area (Å²) in [7, 11) is 0. The first kappa shape index (κ1) is 25.2. The van der Waals surface area contributed by atoms with E-state index in [1.165, 1.54) is 51.4 Å². The summed E-state index contributed by atoms with van der Waals surface area (Å²) in [5.74, 6) is -1.48. The summed E-state index contributed by atoms with van der Waals surface area (Å²) in [6.45, 7) is 2.88. The first-order valence-electron chi connectivity index (χ1n) is 12.4. The standard InChI is InChI=1S/C26H41NO4/c1-2-3-4-5-6-7-8-9-10-15-20-31-24-19-14-13-18-23(24)27-25(28)21-16-11-12-17-22(21)26(29)30/h13-14,18-19,21-22H,2-12,15-17,20H2,1H3,(H,27,28)(H,29,30). The van der Waals surface area contributed by atoms with E-state index in [1.807, 2.05) is 24.3 Å². The number of rotatable bonds is 15. The Kier molecular flexibility index (Phi) is 12.1. The lowest BCUT2D eigenvalue weighted by molar-refractivity contribution is -0.147. The molecular weight excluding hydrogens is 390 g/mol. The number of anilines is 1. The number of ether oxygens (including phenoxy) is 1. The van der Waals surface area contributed by atoms with Crippen LogP contribution in [0.1, 0.15) is 96.8 Å². The van der Waals surface area contributed by atoms with E-state index in [0.29, 0.717) is 30.9 Å². The molecule has 0 aromatic heterocycles. The van der Waals surface area contributed by atoms with E-state index < -0.39 is 17.8 Å². The van der Waals surface area contributed by atoms with Gasteiger partial charge in [0.15, 0.2) is 0 Å². The quantitative estimate of drug-likeness (QED) is 0.299. The lowest BCUT2D eigenvalue weighted by Gasteiger charge is -2.27. The molecule has 1 aliphatic rings. The van der Waals surface area contributed by atoms with Gasteiger partial charge >= 0.3 is 5.97 Å². The number of amides is 1. The highest BCUT2D eigenvalue weighted by atomic mass is 16.5. The van der Waals surface area contributed by atoms with Gasteiger partial charge in [0, 0.05) is 0 Å². The van der Waals surface area contributed by atoms with Crippen LogP contribution in [-0.4, -0.2) is 23.6 Å². The Morgan fingerprint density at radius 1 is 0.903 bits per heavy atom. The number of hydrogen-bond donors (Lipinski definition) is 2. The Labute approximate surface area is 188 Å². The fraction of sp³-hybridized carbons (Fsp3) is 0.692. The molecule has 174 valence electrons. The van der Waals surface area contributed by atoms with Crippen molar-refractivity contribution in [1.29, 1.82) is 0 Å². The van der Waals surface area contributed by atoms with E-state index in [4.69, 9.17) is 4.74 Å². The minimum Gasteiger partial charge on any atom is -0.491 e. The number of hydrogen-bond acceptors (Lipinski definition) is 3. The predicted octanol–water partition coefficient (Wildman–Crippen LogP) is 6.82. The van der Waals surface area contributed by atoms with Gasteiger partial charge in [-0.1, -0.05) is 89.7 Å². The summed E-state index contributed by atoms with van der Waals surface area (Å²) < 4.78 is 5.94. The summed E-state index contributed by atoms with van der Waals surface area (Å²) in [5, 5.41) is 12.4. The van der Waals surface area contributed by atoms with E-state index in [0.717, 1.165) is 25.7 Å². The van der Waals surface area contributed by atoms with Crippen LogP contribution in [0.25, 0.3) is 0 Å². The third-order valence-electron chi connectivity index (χ3n) is 6.32. The molecule has 2 N–H and O–H groups in total. The number of benzene rings is 1. The van der Waals surface area contributed by atoms with Crippen LogP contribution in [0.4, 0.5) is 5.69 Å². The maximum absolute atomic E-state index is 12.8. The zero-order valence-electron chi connectivity index (χ0n) is 19.2. The molecule has 0 bridgehead atoms. The van der Waals surface area contributed by atoms with Crippen molar-refractivity contribution < 1.29 is 19.4 Å². The van der Waals surface area contributed by atoms with Crippen molar-refractivity contribution in [3.05, 3.63) is 24.3 Å². The van der Waals surface area contributed by atoms with Gasteiger partial charge in [-0.3, -0.25) is 9.59 Å². The van der Waals surface area contributed by atoms with Crippen LogP contribution in [0.15, 0.2) is 24.3 Å². The van der Waals surface area contributed by atoms with Crippen LogP contribution in [-0.2, 0) is 9.59 Å². The van der Waals surface area contributed by atoms with E-state index in [2.05, 4.69) is 12.2 Å². The fourth-order valence-corrected chi connectivity index (χ4v) is 4.43. The number of carbonyl (C=O) groups excluding carboxylic acids is 1. The van der Waals surface area contributed by atoms with Crippen LogP contribution in [0, 0.1) is 11.8 Å². The van der Waals surface area contributed by atoms with Gasteiger partial charge in [-0.15, -0.1) is 0 Å². The predicted molar refractivity (Wildman–Crippen MR) is 125 cm³/mol. The average Bonchev–Trinajstić information content (AvgIpc) is 2.78. The Morgan fingerprint density at radius 3 is 2.13 bits per heavy atom. The molecule has 0 saturated heterocycles. The van der Waals surface area contributed by atoms with E-state index >= 15 is 0 Å². The second-order valence-electron chi connectivity index (χ2n) is 8.85. The highest BCUT2D eigenvalue weighted by Gasteiger charge is 2.35. The van der Waals surface area contributed by atoms with Crippen LogP contribution in [0.5, 0.6) is 5.75 Å². The lowest BCUT2D eigenvalue weighted by atomic mass is 9.78. The second kappa shape index (κ2) is 14.9. The molecule has 0 spiro atoms. The van der Waals surface area contributed by atoms with Gasteiger partial charge in [0.05, 0.1) is 24.1 Å². The summed E-state index contributed by atoms with van der Waals surface area (Å²) in [6, 6.07) is 7.44. The van der Waals surface area contributed by atoms with Gasteiger partial charge in [-0.25, -0.2) is 0 Å². The average molecular weight is 432 g/mol. The van der Waals surface area contributed by atoms with Gasteiger partial charge in [0.25, 0.3) is 0 Å². The molecule has 1 saturated carbocycles. The van der Waals surface area contributed by atoms with Gasteiger partial charge in [0.2, 0.25) is 5.91 Å². The monoisotopic (exact) mass is 431 g/mol. The molecule has 1 fully saturated rings. The Bertz CT molecular complexity index is 661. The molecule has 1 aromatic carbocycles.